The minimum atomic E-state index is -0.386. The molecule has 0 aliphatic heterocycles. The van der Waals surface area contributed by atoms with Crippen LogP contribution in [0.4, 0.5) is 5.69 Å². The molecule has 0 amide bonds. The van der Waals surface area contributed by atoms with Gasteiger partial charge in [-0.05, 0) is 36.5 Å². The molecular formula is C16H27NO. The summed E-state index contributed by atoms with van der Waals surface area (Å²) in [6.07, 6.45) is -0.386. The van der Waals surface area contributed by atoms with Crippen molar-refractivity contribution in [2.75, 3.05) is 18.0 Å². The van der Waals surface area contributed by atoms with Crippen LogP contribution in [0.2, 0.25) is 0 Å². The Labute approximate surface area is 112 Å². The summed E-state index contributed by atoms with van der Waals surface area (Å²) >= 11 is 0. The minimum absolute atomic E-state index is 0.386. The van der Waals surface area contributed by atoms with Gasteiger partial charge in [-0.1, -0.05) is 39.8 Å². The van der Waals surface area contributed by atoms with Gasteiger partial charge in [-0.2, -0.15) is 0 Å². The van der Waals surface area contributed by atoms with Crippen LogP contribution in [0, 0.1) is 11.8 Å². The molecule has 1 N–H and O–H groups in total. The summed E-state index contributed by atoms with van der Waals surface area (Å²) in [5.41, 5.74) is 2.23. The third-order valence-electron chi connectivity index (χ3n) is 2.91. The molecule has 1 aromatic rings. The second-order valence-corrected chi connectivity index (χ2v) is 5.96. The molecule has 0 unspecified atom stereocenters. The fourth-order valence-electron chi connectivity index (χ4n) is 2.13. The van der Waals surface area contributed by atoms with E-state index in [0.717, 1.165) is 18.7 Å². The van der Waals surface area contributed by atoms with Crippen molar-refractivity contribution in [3.8, 4) is 0 Å². The number of aliphatic hydroxyl groups excluding tert-OH is 1. The van der Waals surface area contributed by atoms with E-state index in [0.29, 0.717) is 11.8 Å². The van der Waals surface area contributed by atoms with E-state index in [4.69, 9.17) is 0 Å². The second kappa shape index (κ2) is 6.79. The van der Waals surface area contributed by atoms with Crippen LogP contribution in [0.25, 0.3) is 0 Å². The first-order chi connectivity index (χ1) is 8.40. The lowest BCUT2D eigenvalue weighted by atomic mass is 10.1. The molecule has 102 valence electrons. The van der Waals surface area contributed by atoms with Gasteiger partial charge in [0.15, 0.2) is 0 Å². The van der Waals surface area contributed by atoms with Gasteiger partial charge in [-0.3, -0.25) is 0 Å². The van der Waals surface area contributed by atoms with Gasteiger partial charge in [0.2, 0.25) is 0 Å². The Bertz CT molecular complexity index is 331. The number of benzene rings is 1. The number of aliphatic hydroxyl groups is 1. The molecule has 0 aliphatic rings. The molecule has 0 radical (unpaired) electrons. The highest BCUT2D eigenvalue weighted by Gasteiger charge is 2.11. The predicted octanol–water partition coefficient (Wildman–Crippen LogP) is 3.86. The third-order valence-corrected chi connectivity index (χ3v) is 2.91. The molecule has 2 heteroatoms. The quantitative estimate of drug-likeness (QED) is 0.827. The van der Waals surface area contributed by atoms with Crippen molar-refractivity contribution in [2.45, 2.75) is 40.7 Å². The minimum Gasteiger partial charge on any atom is -0.389 e. The second-order valence-electron chi connectivity index (χ2n) is 5.96. The van der Waals surface area contributed by atoms with Crippen molar-refractivity contribution in [3.63, 3.8) is 0 Å². The molecule has 1 atom stereocenters. The molecule has 0 saturated carbocycles. The first-order valence-corrected chi connectivity index (χ1v) is 6.93. The summed E-state index contributed by atoms with van der Waals surface area (Å²) in [5.74, 6) is 1.31. The average Bonchev–Trinajstić information content (AvgIpc) is 2.27. The molecule has 0 heterocycles. The van der Waals surface area contributed by atoms with E-state index >= 15 is 0 Å². The van der Waals surface area contributed by atoms with Crippen molar-refractivity contribution in [1.29, 1.82) is 0 Å². The number of nitrogens with zero attached hydrogens (tertiary/aromatic N) is 1. The van der Waals surface area contributed by atoms with Crippen LogP contribution in [-0.2, 0) is 0 Å². The summed E-state index contributed by atoms with van der Waals surface area (Å²) in [6, 6.07) is 8.28. The van der Waals surface area contributed by atoms with Crippen molar-refractivity contribution in [1.82, 2.24) is 0 Å². The lowest BCUT2D eigenvalue weighted by Crippen LogP contribution is -2.31. The van der Waals surface area contributed by atoms with Crippen LogP contribution < -0.4 is 4.90 Å². The normalized spacial score (nSPS) is 13.1. The molecule has 1 rings (SSSR count). The first kappa shape index (κ1) is 15.0. The summed E-state index contributed by atoms with van der Waals surface area (Å²) in [7, 11) is 0. The van der Waals surface area contributed by atoms with Gasteiger partial charge < -0.3 is 10.0 Å². The van der Waals surface area contributed by atoms with Crippen LogP contribution >= 0.6 is 0 Å². The maximum atomic E-state index is 9.53. The molecule has 0 fully saturated rings. The topological polar surface area (TPSA) is 23.5 Å². The van der Waals surface area contributed by atoms with Gasteiger partial charge in [0.1, 0.15) is 0 Å². The molecule has 0 aliphatic carbocycles. The van der Waals surface area contributed by atoms with Crippen molar-refractivity contribution in [2.24, 2.45) is 11.8 Å². The maximum absolute atomic E-state index is 9.53. The zero-order chi connectivity index (χ0) is 13.7. The van der Waals surface area contributed by atoms with Gasteiger partial charge >= 0.3 is 0 Å². The van der Waals surface area contributed by atoms with Gasteiger partial charge in [-0.25, -0.2) is 0 Å². The highest BCUT2D eigenvalue weighted by molar-refractivity contribution is 5.48. The fraction of sp³-hybridized carbons (Fsp3) is 0.625. The Morgan fingerprint density at radius 3 is 1.67 bits per heavy atom. The monoisotopic (exact) mass is 249 g/mol. The van der Waals surface area contributed by atoms with Crippen LogP contribution in [0.1, 0.15) is 46.3 Å². The Morgan fingerprint density at radius 1 is 0.889 bits per heavy atom. The smallest absolute Gasteiger partial charge is 0.0761 e. The molecule has 0 saturated heterocycles. The summed E-state index contributed by atoms with van der Waals surface area (Å²) in [5, 5.41) is 9.53. The van der Waals surface area contributed by atoms with Crippen LogP contribution in [-0.4, -0.2) is 18.2 Å². The van der Waals surface area contributed by atoms with Crippen molar-refractivity contribution < 1.29 is 5.11 Å². The SMILES string of the molecule is CC(C)CN(CC(C)C)c1ccc([C@H](C)O)cc1. The van der Waals surface area contributed by atoms with E-state index in [2.05, 4.69) is 44.7 Å². The zero-order valence-corrected chi connectivity index (χ0v) is 12.4. The fourth-order valence-corrected chi connectivity index (χ4v) is 2.13. The Kier molecular flexibility index (Phi) is 5.67. The molecule has 0 spiro atoms. The van der Waals surface area contributed by atoms with E-state index in [9.17, 15) is 5.11 Å². The van der Waals surface area contributed by atoms with Crippen LogP contribution in [0.15, 0.2) is 24.3 Å². The average molecular weight is 249 g/mol. The zero-order valence-electron chi connectivity index (χ0n) is 12.4. The molecular weight excluding hydrogens is 222 g/mol. The molecule has 0 bridgehead atoms. The maximum Gasteiger partial charge on any atom is 0.0761 e. The predicted molar refractivity (Wildman–Crippen MR) is 79.0 cm³/mol. The summed E-state index contributed by atoms with van der Waals surface area (Å²) < 4.78 is 0. The Balaban J connectivity index is 2.83. The van der Waals surface area contributed by atoms with Gasteiger partial charge in [0.05, 0.1) is 6.10 Å². The van der Waals surface area contributed by atoms with E-state index in [1.165, 1.54) is 5.69 Å². The molecule has 18 heavy (non-hydrogen) atoms. The van der Waals surface area contributed by atoms with Crippen LogP contribution in [0.5, 0.6) is 0 Å². The Morgan fingerprint density at radius 2 is 1.33 bits per heavy atom. The van der Waals surface area contributed by atoms with Gasteiger partial charge in [-0.15, -0.1) is 0 Å². The third kappa shape index (κ3) is 4.69. The van der Waals surface area contributed by atoms with E-state index in [-0.39, 0.29) is 6.10 Å². The summed E-state index contributed by atoms with van der Waals surface area (Å²) in [4.78, 5) is 2.43. The van der Waals surface area contributed by atoms with E-state index in [1.807, 2.05) is 12.1 Å². The van der Waals surface area contributed by atoms with Crippen molar-refractivity contribution in [3.05, 3.63) is 29.8 Å². The lowest BCUT2D eigenvalue weighted by molar-refractivity contribution is 0.199. The Hall–Kier alpha value is -1.02. The molecule has 2 nitrogen and oxygen atoms in total. The van der Waals surface area contributed by atoms with E-state index in [1.54, 1.807) is 6.92 Å². The number of rotatable bonds is 6. The number of hydrogen-bond donors (Lipinski definition) is 1. The summed E-state index contributed by atoms with van der Waals surface area (Å²) in [6.45, 7) is 12.9. The number of anilines is 1. The van der Waals surface area contributed by atoms with Gasteiger partial charge in [0.25, 0.3) is 0 Å². The first-order valence-electron chi connectivity index (χ1n) is 6.93. The largest absolute Gasteiger partial charge is 0.389 e. The highest BCUT2D eigenvalue weighted by atomic mass is 16.3. The lowest BCUT2D eigenvalue weighted by Gasteiger charge is -2.28. The van der Waals surface area contributed by atoms with Crippen molar-refractivity contribution >= 4 is 5.69 Å². The standard InChI is InChI=1S/C16H27NO/c1-12(2)10-17(11-13(3)4)16-8-6-15(7-9-16)14(5)18/h6-9,12-14,18H,10-11H2,1-5H3/t14-/m0/s1. The highest BCUT2D eigenvalue weighted by Crippen LogP contribution is 2.21. The van der Waals surface area contributed by atoms with Crippen LogP contribution in [0.3, 0.4) is 0 Å². The number of hydrogen-bond acceptors (Lipinski definition) is 2. The van der Waals surface area contributed by atoms with E-state index < -0.39 is 0 Å². The van der Waals surface area contributed by atoms with Gasteiger partial charge in [0, 0.05) is 18.8 Å². The molecule has 1 aromatic carbocycles. The molecule has 0 aromatic heterocycles.